The number of amides is 1. The lowest BCUT2D eigenvalue weighted by molar-refractivity contribution is 0.0262. The second-order valence-electron chi connectivity index (χ2n) is 7.40. The fourth-order valence-corrected chi connectivity index (χ4v) is 4.36. The standard InChI is InChI=1S/C20H24N2O3/c1-15-4-5-18(25-15)19(23)22-11-17-3-2-8-20(17,13-22)14-24-12-16-6-9-21-10-7-16/h4-7,9-10,17H,2-3,8,11-14H2,1H3/t17-,20+/m1/s1. The number of nitrogens with zero attached hydrogens (tertiary/aromatic N) is 2. The molecule has 2 aliphatic rings. The Morgan fingerprint density at radius 2 is 2.20 bits per heavy atom. The average Bonchev–Trinajstić information content (AvgIpc) is 3.29. The van der Waals surface area contributed by atoms with Gasteiger partial charge in [0.15, 0.2) is 5.76 Å². The highest BCUT2D eigenvalue weighted by Gasteiger charge is 2.51. The average molecular weight is 340 g/mol. The minimum Gasteiger partial charge on any atom is -0.456 e. The maximum Gasteiger partial charge on any atom is 0.289 e. The van der Waals surface area contributed by atoms with Gasteiger partial charge < -0.3 is 14.1 Å². The summed E-state index contributed by atoms with van der Waals surface area (Å²) >= 11 is 0. The van der Waals surface area contributed by atoms with E-state index in [1.54, 1.807) is 18.5 Å². The second kappa shape index (κ2) is 6.64. The Hall–Kier alpha value is -2.14. The lowest BCUT2D eigenvalue weighted by Gasteiger charge is -2.28. The monoisotopic (exact) mass is 340 g/mol. The van der Waals surface area contributed by atoms with Crippen molar-refractivity contribution < 1.29 is 13.9 Å². The van der Waals surface area contributed by atoms with Crippen LogP contribution < -0.4 is 0 Å². The van der Waals surface area contributed by atoms with Gasteiger partial charge in [-0.05, 0) is 55.5 Å². The van der Waals surface area contributed by atoms with Crippen LogP contribution in [0.3, 0.4) is 0 Å². The zero-order chi connectivity index (χ0) is 17.3. The Labute approximate surface area is 148 Å². The van der Waals surface area contributed by atoms with Gasteiger partial charge in [-0.1, -0.05) is 6.42 Å². The molecule has 4 rings (SSSR count). The molecule has 0 N–H and O–H groups in total. The smallest absolute Gasteiger partial charge is 0.289 e. The molecule has 2 atom stereocenters. The van der Waals surface area contributed by atoms with Crippen molar-refractivity contribution in [2.75, 3.05) is 19.7 Å². The third kappa shape index (κ3) is 3.21. The lowest BCUT2D eigenvalue weighted by Crippen LogP contribution is -2.34. The number of fused-ring (bicyclic) bond motifs is 1. The first-order valence-corrected chi connectivity index (χ1v) is 8.99. The third-order valence-corrected chi connectivity index (χ3v) is 5.69. The van der Waals surface area contributed by atoms with Crippen molar-refractivity contribution in [2.24, 2.45) is 11.3 Å². The third-order valence-electron chi connectivity index (χ3n) is 5.69. The number of hydrogen-bond acceptors (Lipinski definition) is 4. The van der Waals surface area contributed by atoms with Crippen LogP contribution >= 0.6 is 0 Å². The van der Waals surface area contributed by atoms with Crippen LogP contribution in [-0.4, -0.2) is 35.5 Å². The van der Waals surface area contributed by atoms with Gasteiger partial charge in [-0.2, -0.15) is 0 Å². The number of carbonyl (C=O) groups is 1. The zero-order valence-corrected chi connectivity index (χ0v) is 14.6. The van der Waals surface area contributed by atoms with Crippen molar-refractivity contribution in [3.8, 4) is 0 Å². The summed E-state index contributed by atoms with van der Waals surface area (Å²) < 4.78 is 11.6. The first kappa shape index (κ1) is 16.3. The largest absolute Gasteiger partial charge is 0.456 e. The first-order chi connectivity index (χ1) is 12.2. The molecule has 1 amide bonds. The maximum absolute atomic E-state index is 12.7. The fourth-order valence-electron chi connectivity index (χ4n) is 4.36. The van der Waals surface area contributed by atoms with Crippen LogP contribution in [0.15, 0.2) is 41.1 Å². The summed E-state index contributed by atoms with van der Waals surface area (Å²) in [4.78, 5) is 18.7. The Morgan fingerprint density at radius 1 is 1.36 bits per heavy atom. The molecule has 1 aliphatic heterocycles. The van der Waals surface area contributed by atoms with Gasteiger partial charge in [0, 0.05) is 30.9 Å². The minimum absolute atomic E-state index is 0.0102. The molecule has 3 heterocycles. The second-order valence-corrected chi connectivity index (χ2v) is 7.40. The Bertz CT molecular complexity index is 742. The molecular weight excluding hydrogens is 316 g/mol. The van der Waals surface area contributed by atoms with Crippen molar-refractivity contribution in [2.45, 2.75) is 32.8 Å². The van der Waals surface area contributed by atoms with Gasteiger partial charge in [0.05, 0.1) is 13.2 Å². The molecule has 0 radical (unpaired) electrons. The van der Waals surface area contributed by atoms with E-state index in [0.29, 0.717) is 24.9 Å². The number of ether oxygens (including phenoxy) is 1. The van der Waals surface area contributed by atoms with E-state index in [9.17, 15) is 4.79 Å². The van der Waals surface area contributed by atoms with Gasteiger partial charge in [-0.25, -0.2) is 0 Å². The molecular formula is C20H24N2O3. The number of aryl methyl sites for hydroxylation is 1. The highest BCUT2D eigenvalue weighted by molar-refractivity contribution is 5.91. The van der Waals surface area contributed by atoms with Crippen LogP contribution in [0, 0.1) is 18.3 Å². The molecule has 0 spiro atoms. The Balaban J connectivity index is 1.41. The van der Waals surface area contributed by atoms with Gasteiger partial charge in [-0.15, -0.1) is 0 Å². The van der Waals surface area contributed by atoms with Crippen LogP contribution in [0.5, 0.6) is 0 Å². The van der Waals surface area contributed by atoms with E-state index in [2.05, 4.69) is 4.98 Å². The van der Waals surface area contributed by atoms with Crippen LogP contribution in [-0.2, 0) is 11.3 Å². The van der Waals surface area contributed by atoms with E-state index in [1.165, 1.54) is 12.8 Å². The zero-order valence-electron chi connectivity index (χ0n) is 14.6. The summed E-state index contributed by atoms with van der Waals surface area (Å²) in [5.41, 5.74) is 1.24. The number of carbonyl (C=O) groups excluding carboxylic acids is 1. The number of furan rings is 1. The van der Waals surface area contributed by atoms with E-state index in [0.717, 1.165) is 30.8 Å². The van der Waals surface area contributed by atoms with Gasteiger partial charge in [0.2, 0.25) is 0 Å². The molecule has 2 fully saturated rings. The van der Waals surface area contributed by atoms with E-state index in [4.69, 9.17) is 9.15 Å². The van der Waals surface area contributed by atoms with E-state index in [1.807, 2.05) is 30.0 Å². The quantitative estimate of drug-likeness (QED) is 0.837. The van der Waals surface area contributed by atoms with E-state index in [-0.39, 0.29) is 11.3 Å². The molecule has 2 aromatic heterocycles. The topological polar surface area (TPSA) is 55.6 Å². The van der Waals surface area contributed by atoms with Gasteiger partial charge in [0.1, 0.15) is 5.76 Å². The summed E-state index contributed by atoms with van der Waals surface area (Å²) in [6.07, 6.45) is 7.12. The predicted molar refractivity (Wildman–Crippen MR) is 93.0 cm³/mol. The van der Waals surface area contributed by atoms with Crippen molar-refractivity contribution in [1.82, 2.24) is 9.88 Å². The molecule has 5 heteroatoms. The molecule has 132 valence electrons. The van der Waals surface area contributed by atoms with Crippen molar-refractivity contribution in [1.29, 1.82) is 0 Å². The Morgan fingerprint density at radius 3 is 2.96 bits per heavy atom. The molecule has 1 aliphatic carbocycles. The molecule has 0 unspecified atom stereocenters. The molecule has 1 saturated heterocycles. The summed E-state index contributed by atoms with van der Waals surface area (Å²) in [5, 5.41) is 0. The van der Waals surface area contributed by atoms with Crippen LogP contribution in [0.25, 0.3) is 0 Å². The van der Waals surface area contributed by atoms with Crippen molar-refractivity contribution >= 4 is 5.91 Å². The van der Waals surface area contributed by atoms with Gasteiger partial charge >= 0.3 is 0 Å². The molecule has 1 saturated carbocycles. The molecule has 0 aromatic carbocycles. The summed E-state index contributed by atoms with van der Waals surface area (Å²) in [6.45, 7) is 4.76. The summed E-state index contributed by atoms with van der Waals surface area (Å²) in [6, 6.07) is 7.58. The Kier molecular flexibility index (Phi) is 4.34. The number of likely N-dealkylation sites (tertiary alicyclic amines) is 1. The molecule has 5 nitrogen and oxygen atoms in total. The maximum atomic E-state index is 12.7. The summed E-state index contributed by atoms with van der Waals surface area (Å²) in [5.74, 6) is 1.77. The summed E-state index contributed by atoms with van der Waals surface area (Å²) in [7, 11) is 0. The fraction of sp³-hybridized carbons (Fsp3) is 0.500. The SMILES string of the molecule is Cc1ccc(C(=O)N2C[C@H]3CCC[C@@]3(COCc3ccncc3)C2)o1. The number of aromatic nitrogens is 1. The highest BCUT2D eigenvalue weighted by atomic mass is 16.5. The van der Waals surface area contributed by atoms with E-state index < -0.39 is 0 Å². The molecule has 25 heavy (non-hydrogen) atoms. The highest BCUT2D eigenvalue weighted by Crippen LogP contribution is 2.49. The minimum atomic E-state index is 0.0102. The lowest BCUT2D eigenvalue weighted by atomic mass is 9.81. The number of hydrogen-bond donors (Lipinski definition) is 0. The van der Waals surface area contributed by atoms with E-state index >= 15 is 0 Å². The molecule has 0 bridgehead atoms. The number of rotatable bonds is 5. The van der Waals surface area contributed by atoms with Crippen molar-refractivity contribution in [3.05, 3.63) is 53.7 Å². The van der Waals surface area contributed by atoms with Gasteiger partial charge in [0.25, 0.3) is 5.91 Å². The normalized spacial score (nSPS) is 25.3. The first-order valence-electron chi connectivity index (χ1n) is 8.99. The van der Waals surface area contributed by atoms with Crippen LogP contribution in [0.2, 0.25) is 0 Å². The van der Waals surface area contributed by atoms with Crippen LogP contribution in [0.1, 0.15) is 41.1 Å². The van der Waals surface area contributed by atoms with Crippen molar-refractivity contribution in [3.63, 3.8) is 0 Å². The molecule has 2 aromatic rings. The van der Waals surface area contributed by atoms with Crippen LogP contribution in [0.4, 0.5) is 0 Å². The number of pyridine rings is 1. The predicted octanol–water partition coefficient (Wildman–Crippen LogP) is 3.44. The van der Waals surface area contributed by atoms with Gasteiger partial charge in [-0.3, -0.25) is 9.78 Å².